The van der Waals surface area contributed by atoms with Gasteiger partial charge in [0.25, 0.3) is 0 Å². The van der Waals surface area contributed by atoms with Crippen molar-refractivity contribution in [2.24, 2.45) is 0 Å². The van der Waals surface area contributed by atoms with Crippen LogP contribution in [0.25, 0.3) is 0 Å². The third kappa shape index (κ3) is 12.8. The Morgan fingerprint density at radius 1 is 0.400 bits per heavy atom. The highest BCUT2D eigenvalue weighted by molar-refractivity contribution is 4.64. The van der Waals surface area contributed by atoms with Crippen LogP contribution >= 0.6 is 0 Å². The summed E-state index contributed by atoms with van der Waals surface area (Å²) < 4.78 is 0. The lowest BCUT2D eigenvalue weighted by atomic mass is 10.4. The summed E-state index contributed by atoms with van der Waals surface area (Å²) in [6.45, 7) is 9.16. The van der Waals surface area contributed by atoms with E-state index in [0.29, 0.717) is 0 Å². The zero-order valence-corrected chi connectivity index (χ0v) is 14.9. The molecule has 0 aromatic carbocycles. The van der Waals surface area contributed by atoms with Gasteiger partial charge in [0.15, 0.2) is 0 Å². The van der Waals surface area contributed by atoms with Gasteiger partial charge in [-0.3, -0.25) is 4.90 Å². The van der Waals surface area contributed by atoms with E-state index in [4.69, 9.17) is 0 Å². The van der Waals surface area contributed by atoms with Gasteiger partial charge in [0.05, 0.1) is 0 Å². The van der Waals surface area contributed by atoms with Crippen molar-refractivity contribution in [3.05, 3.63) is 0 Å². The number of rotatable bonds is 12. The van der Waals surface area contributed by atoms with Gasteiger partial charge in [-0.1, -0.05) is 0 Å². The van der Waals surface area contributed by atoms with E-state index >= 15 is 0 Å². The molecule has 5 nitrogen and oxygen atoms in total. The van der Waals surface area contributed by atoms with Crippen LogP contribution in [0.1, 0.15) is 0 Å². The molecule has 0 saturated carbocycles. The first-order valence-electron chi connectivity index (χ1n) is 7.66. The second-order valence-electron chi connectivity index (χ2n) is 6.55. The van der Waals surface area contributed by atoms with Crippen molar-refractivity contribution < 1.29 is 0 Å². The van der Waals surface area contributed by atoms with Crippen LogP contribution in [0.3, 0.4) is 0 Å². The summed E-state index contributed by atoms with van der Waals surface area (Å²) in [4.78, 5) is 11.8. The van der Waals surface area contributed by atoms with Gasteiger partial charge in [0.1, 0.15) is 0 Å². The Morgan fingerprint density at radius 2 is 0.700 bits per heavy atom. The fraction of sp³-hybridized carbons (Fsp3) is 1.00. The van der Waals surface area contributed by atoms with Crippen molar-refractivity contribution in [2.45, 2.75) is 0 Å². The summed E-state index contributed by atoms with van der Waals surface area (Å²) >= 11 is 0. The molecule has 0 aromatic rings. The molecule has 0 amide bonds. The van der Waals surface area contributed by atoms with Crippen LogP contribution in [0.15, 0.2) is 0 Å². The van der Waals surface area contributed by atoms with Crippen molar-refractivity contribution >= 4 is 0 Å². The van der Waals surface area contributed by atoms with Crippen LogP contribution in [0.4, 0.5) is 0 Å². The molecule has 20 heavy (non-hydrogen) atoms. The summed E-state index contributed by atoms with van der Waals surface area (Å²) in [5.74, 6) is 0. The third-order valence-electron chi connectivity index (χ3n) is 3.45. The Hall–Kier alpha value is -0.200. The van der Waals surface area contributed by atoms with E-state index in [1.54, 1.807) is 0 Å². The molecule has 0 aliphatic heterocycles. The molecule has 0 heterocycles. The topological polar surface area (TPSA) is 16.2 Å². The first kappa shape index (κ1) is 19.8. The Morgan fingerprint density at radius 3 is 1.10 bits per heavy atom. The zero-order valence-electron chi connectivity index (χ0n) is 14.9. The van der Waals surface area contributed by atoms with Gasteiger partial charge in [-0.15, -0.1) is 0 Å². The normalized spacial score (nSPS) is 12.6. The van der Waals surface area contributed by atoms with Crippen molar-refractivity contribution in [1.29, 1.82) is 0 Å². The minimum atomic E-state index is 1.13. The second kappa shape index (κ2) is 11.5. The molecular formula is C15H37N5. The maximum absolute atomic E-state index is 2.58. The Balaban J connectivity index is 3.99. The van der Waals surface area contributed by atoms with Crippen LogP contribution in [0, 0.1) is 0 Å². The van der Waals surface area contributed by atoms with Crippen LogP contribution in [0.5, 0.6) is 0 Å². The quantitative estimate of drug-likeness (QED) is 0.497. The molecule has 0 bridgehead atoms. The second-order valence-corrected chi connectivity index (χ2v) is 6.55. The smallest absolute Gasteiger partial charge is 0.0110 e. The Bertz CT molecular complexity index is 206. The summed E-state index contributed by atoms with van der Waals surface area (Å²) in [6.07, 6.45) is 0. The Labute approximate surface area is 127 Å². The van der Waals surface area contributed by atoms with E-state index in [2.05, 4.69) is 73.8 Å². The first-order valence-corrected chi connectivity index (χ1v) is 7.66. The molecule has 122 valence electrons. The standard InChI is InChI=1S/C15H37N5/c1-16(2)8-11-19(7)12-15-20(13-9-17(3)4)14-10-18(5)6/h8-15H2,1-7H3. The molecular weight excluding hydrogens is 250 g/mol. The fourth-order valence-corrected chi connectivity index (χ4v) is 1.81. The monoisotopic (exact) mass is 287 g/mol. The van der Waals surface area contributed by atoms with Crippen molar-refractivity contribution in [1.82, 2.24) is 24.5 Å². The molecule has 0 unspecified atom stereocenters. The molecule has 0 radical (unpaired) electrons. The lowest BCUT2D eigenvalue weighted by Crippen LogP contribution is -2.41. The molecule has 0 atom stereocenters. The fourth-order valence-electron chi connectivity index (χ4n) is 1.81. The van der Waals surface area contributed by atoms with Gasteiger partial charge in [-0.25, -0.2) is 0 Å². The highest BCUT2D eigenvalue weighted by Gasteiger charge is 2.08. The van der Waals surface area contributed by atoms with Gasteiger partial charge in [0, 0.05) is 52.4 Å². The van der Waals surface area contributed by atoms with Crippen LogP contribution in [0.2, 0.25) is 0 Å². The van der Waals surface area contributed by atoms with Gasteiger partial charge < -0.3 is 19.6 Å². The lowest BCUT2D eigenvalue weighted by Gasteiger charge is -2.28. The molecule has 0 N–H and O–H groups in total. The first-order chi connectivity index (χ1) is 9.31. The van der Waals surface area contributed by atoms with E-state index in [9.17, 15) is 0 Å². The van der Waals surface area contributed by atoms with Crippen LogP contribution < -0.4 is 0 Å². The Kier molecular flexibility index (Phi) is 11.3. The number of hydrogen-bond donors (Lipinski definition) is 0. The SMILES string of the molecule is CN(C)CCN(C)CCN(CCN(C)C)CCN(C)C. The largest absolute Gasteiger partial charge is 0.308 e. The van der Waals surface area contributed by atoms with Crippen molar-refractivity contribution in [2.75, 3.05) is 102 Å². The van der Waals surface area contributed by atoms with Crippen molar-refractivity contribution in [3.8, 4) is 0 Å². The lowest BCUT2D eigenvalue weighted by molar-refractivity contribution is 0.187. The molecule has 0 saturated heterocycles. The van der Waals surface area contributed by atoms with Gasteiger partial charge in [0.2, 0.25) is 0 Å². The maximum atomic E-state index is 2.58. The summed E-state index contributed by atoms with van der Waals surface area (Å²) in [6, 6.07) is 0. The number of likely N-dealkylation sites (N-methyl/N-ethyl adjacent to an activating group) is 4. The predicted octanol–water partition coefficient (Wildman–Crippen LogP) is -0.0950. The van der Waals surface area contributed by atoms with E-state index in [1.165, 1.54) is 0 Å². The van der Waals surface area contributed by atoms with Crippen molar-refractivity contribution in [3.63, 3.8) is 0 Å². The van der Waals surface area contributed by atoms with E-state index in [1.807, 2.05) is 0 Å². The number of nitrogens with zero attached hydrogens (tertiary/aromatic N) is 5. The minimum absolute atomic E-state index is 1.13. The molecule has 5 heteroatoms. The molecule has 0 spiro atoms. The summed E-state index contributed by atoms with van der Waals surface area (Å²) in [7, 11) is 15.1. The molecule has 0 aliphatic carbocycles. The molecule has 0 rings (SSSR count). The summed E-state index contributed by atoms with van der Waals surface area (Å²) in [5, 5.41) is 0. The molecule has 0 aliphatic rings. The van der Waals surface area contributed by atoms with Gasteiger partial charge in [-0.05, 0) is 49.3 Å². The zero-order chi connectivity index (χ0) is 15.5. The van der Waals surface area contributed by atoms with E-state index in [-0.39, 0.29) is 0 Å². The van der Waals surface area contributed by atoms with Crippen LogP contribution in [-0.2, 0) is 0 Å². The van der Waals surface area contributed by atoms with E-state index in [0.717, 1.165) is 52.4 Å². The predicted molar refractivity (Wildman–Crippen MR) is 89.6 cm³/mol. The minimum Gasteiger partial charge on any atom is -0.308 e. The average molecular weight is 287 g/mol. The third-order valence-corrected chi connectivity index (χ3v) is 3.45. The van der Waals surface area contributed by atoms with E-state index < -0.39 is 0 Å². The maximum Gasteiger partial charge on any atom is 0.0110 e. The average Bonchev–Trinajstić information content (AvgIpc) is 2.34. The molecule has 0 aromatic heterocycles. The highest BCUT2D eigenvalue weighted by Crippen LogP contribution is 1.93. The molecule has 0 fully saturated rings. The summed E-state index contributed by atoms with van der Waals surface area (Å²) in [5.41, 5.74) is 0. The van der Waals surface area contributed by atoms with Crippen LogP contribution in [-0.4, -0.2) is 126 Å². The highest BCUT2D eigenvalue weighted by atomic mass is 15.2. The number of hydrogen-bond acceptors (Lipinski definition) is 5. The van der Waals surface area contributed by atoms with Gasteiger partial charge >= 0.3 is 0 Å². The van der Waals surface area contributed by atoms with Gasteiger partial charge in [-0.2, -0.15) is 0 Å².